The number of fused-ring (bicyclic) bond motifs is 1. The Kier molecular flexibility index (Phi) is 4.89. The van der Waals surface area contributed by atoms with E-state index in [1.807, 2.05) is 20.0 Å². The Hall–Kier alpha value is -1.51. The molecule has 130 valence electrons. The van der Waals surface area contributed by atoms with Crippen molar-refractivity contribution in [2.24, 2.45) is 0 Å². The summed E-state index contributed by atoms with van der Waals surface area (Å²) in [6, 6.07) is 3.40. The molecule has 1 aliphatic rings. The van der Waals surface area contributed by atoms with Crippen LogP contribution in [0, 0.1) is 13.8 Å². The van der Waals surface area contributed by atoms with E-state index in [0.717, 1.165) is 34.3 Å². The van der Waals surface area contributed by atoms with Crippen LogP contribution in [0.2, 0.25) is 0 Å². The number of imidazole rings is 1. The number of hydrogen-bond donors (Lipinski definition) is 1. The largest absolute Gasteiger partial charge is 0.495 e. The Bertz CT molecular complexity index is 838. The van der Waals surface area contributed by atoms with Gasteiger partial charge in [-0.05, 0) is 37.1 Å². The molecule has 24 heavy (non-hydrogen) atoms. The van der Waals surface area contributed by atoms with Gasteiger partial charge >= 0.3 is 0 Å². The quantitative estimate of drug-likeness (QED) is 0.847. The highest BCUT2D eigenvalue weighted by atomic mass is 32.2. The van der Waals surface area contributed by atoms with Gasteiger partial charge in [0.05, 0.1) is 12.8 Å². The zero-order chi connectivity index (χ0) is 17.3. The van der Waals surface area contributed by atoms with Crippen molar-refractivity contribution in [2.75, 3.05) is 19.4 Å². The van der Waals surface area contributed by atoms with E-state index in [0.29, 0.717) is 18.7 Å². The second-order valence-electron chi connectivity index (χ2n) is 5.79. The van der Waals surface area contributed by atoms with Crippen LogP contribution in [0.4, 0.5) is 0 Å². The van der Waals surface area contributed by atoms with Gasteiger partial charge in [0.2, 0.25) is 10.0 Å². The highest BCUT2D eigenvalue weighted by Crippen LogP contribution is 2.27. The molecule has 0 saturated carbocycles. The summed E-state index contributed by atoms with van der Waals surface area (Å²) >= 11 is 1.73. The standard InChI is InChI=1S/C16H21N3O3S2/c1-11-8-14(22-3)15(9-12(11)2)24(20,21)17-5-4-13-10-19-6-7-23-16(19)18-13/h8-10,17H,4-7H2,1-3H3. The normalized spacial score (nSPS) is 14.0. The van der Waals surface area contributed by atoms with Gasteiger partial charge in [-0.25, -0.2) is 18.1 Å². The molecular weight excluding hydrogens is 346 g/mol. The zero-order valence-electron chi connectivity index (χ0n) is 14.0. The smallest absolute Gasteiger partial charge is 0.244 e. The lowest BCUT2D eigenvalue weighted by Gasteiger charge is -2.13. The summed E-state index contributed by atoms with van der Waals surface area (Å²) in [4.78, 5) is 4.69. The van der Waals surface area contributed by atoms with Crippen molar-refractivity contribution in [1.29, 1.82) is 0 Å². The summed E-state index contributed by atoms with van der Waals surface area (Å²) in [5.74, 6) is 1.42. The van der Waals surface area contributed by atoms with E-state index in [9.17, 15) is 8.42 Å². The minimum Gasteiger partial charge on any atom is -0.495 e. The van der Waals surface area contributed by atoms with Crippen LogP contribution in [-0.4, -0.2) is 37.4 Å². The lowest BCUT2D eigenvalue weighted by molar-refractivity contribution is 0.402. The van der Waals surface area contributed by atoms with Crippen molar-refractivity contribution in [3.05, 3.63) is 35.2 Å². The molecule has 1 N–H and O–H groups in total. The first kappa shape index (κ1) is 17.3. The Labute approximate surface area is 146 Å². The van der Waals surface area contributed by atoms with E-state index in [1.165, 1.54) is 7.11 Å². The molecule has 1 aromatic carbocycles. The van der Waals surface area contributed by atoms with Crippen LogP contribution in [0.15, 0.2) is 28.4 Å². The van der Waals surface area contributed by atoms with Gasteiger partial charge in [0.1, 0.15) is 10.6 Å². The van der Waals surface area contributed by atoms with Crippen LogP contribution < -0.4 is 9.46 Å². The van der Waals surface area contributed by atoms with Crippen LogP contribution in [-0.2, 0) is 23.0 Å². The highest BCUT2D eigenvalue weighted by Gasteiger charge is 2.21. The molecule has 0 amide bonds. The fraction of sp³-hybridized carbons (Fsp3) is 0.438. The fourth-order valence-corrected chi connectivity index (χ4v) is 4.83. The number of methoxy groups -OCH3 is 1. The number of hydrogen-bond acceptors (Lipinski definition) is 5. The number of aryl methyl sites for hydroxylation is 3. The van der Waals surface area contributed by atoms with Gasteiger partial charge in [0.15, 0.2) is 5.16 Å². The topological polar surface area (TPSA) is 73.2 Å². The van der Waals surface area contributed by atoms with Gasteiger partial charge in [-0.3, -0.25) is 0 Å². The second-order valence-corrected chi connectivity index (χ2v) is 8.59. The average molecular weight is 367 g/mol. The van der Waals surface area contributed by atoms with Crippen LogP contribution in [0.5, 0.6) is 5.75 Å². The molecule has 8 heteroatoms. The molecule has 3 rings (SSSR count). The molecule has 2 heterocycles. The molecule has 0 bridgehead atoms. The van der Waals surface area contributed by atoms with Gasteiger partial charge in [-0.1, -0.05) is 11.8 Å². The van der Waals surface area contributed by atoms with E-state index >= 15 is 0 Å². The minimum absolute atomic E-state index is 0.177. The summed E-state index contributed by atoms with van der Waals surface area (Å²) in [6.07, 6.45) is 2.56. The Morgan fingerprint density at radius 2 is 2.08 bits per heavy atom. The zero-order valence-corrected chi connectivity index (χ0v) is 15.6. The molecule has 0 atom stereocenters. The summed E-state index contributed by atoms with van der Waals surface area (Å²) < 4.78 is 35.2. The molecule has 0 radical (unpaired) electrons. The number of thioether (sulfide) groups is 1. The maximum atomic E-state index is 12.6. The van der Waals surface area contributed by atoms with E-state index < -0.39 is 10.0 Å². The number of aromatic nitrogens is 2. The Morgan fingerprint density at radius 3 is 2.79 bits per heavy atom. The van der Waals surface area contributed by atoms with Gasteiger partial charge in [-0.2, -0.15) is 0 Å². The van der Waals surface area contributed by atoms with Gasteiger partial charge in [0, 0.05) is 31.5 Å². The first-order chi connectivity index (χ1) is 11.4. The van der Waals surface area contributed by atoms with Crippen LogP contribution in [0.1, 0.15) is 16.8 Å². The molecule has 6 nitrogen and oxygen atoms in total. The summed E-state index contributed by atoms with van der Waals surface area (Å²) in [5.41, 5.74) is 2.82. The summed E-state index contributed by atoms with van der Waals surface area (Å²) in [7, 11) is -2.14. The van der Waals surface area contributed by atoms with Crippen molar-refractivity contribution in [3.8, 4) is 5.75 Å². The molecule has 0 unspecified atom stereocenters. The predicted octanol–water partition coefficient (Wildman–Crippen LogP) is 2.14. The maximum Gasteiger partial charge on any atom is 0.244 e. The summed E-state index contributed by atoms with van der Waals surface area (Å²) in [5, 5.41) is 1.02. The average Bonchev–Trinajstić information content (AvgIpc) is 3.10. The van der Waals surface area contributed by atoms with Crippen molar-refractivity contribution in [3.63, 3.8) is 0 Å². The highest BCUT2D eigenvalue weighted by molar-refractivity contribution is 7.99. The Balaban J connectivity index is 1.70. The molecule has 0 fully saturated rings. The number of ether oxygens (including phenoxy) is 1. The molecule has 0 aliphatic carbocycles. The van der Waals surface area contributed by atoms with Gasteiger partial charge < -0.3 is 9.30 Å². The maximum absolute atomic E-state index is 12.6. The van der Waals surface area contributed by atoms with Crippen LogP contribution in [0.3, 0.4) is 0 Å². The van der Waals surface area contributed by atoms with E-state index in [2.05, 4.69) is 14.3 Å². The number of sulfonamides is 1. The minimum atomic E-state index is -3.62. The van der Waals surface area contributed by atoms with E-state index in [1.54, 1.807) is 23.9 Å². The van der Waals surface area contributed by atoms with Crippen molar-refractivity contribution < 1.29 is 13.2 Å². The summed E-state index contributed by atoms with van der Waals surface area (Å²) in [6.45, 7) is 5.09. The third-order valence-electron chi connectivity index (χ3n) is 4.10. The number of benzene rings is 1. The van der Waals surface area contributed by atoms with Crippen molar-refractivity contribution in [2.45, 2.75) is 36.9 Å². The lowest BCUT2D eigenvalue weighted by Crippen LogP contribution is -2.26. The van der Waals surface area contributed by atoms with Crippen LogP contribution >= 0.6 is 11.8 Å². The number of nitrogens with zero attached hydrogens (tertiary/aromatic N) is 2. The molecule has 1 aromatic heterocycles. The first-order valence-electron chi connectivity index (χ1n) is 7.74. The molecule has 1 aliphatic heterocycles. The fourth-order valence-electron chi connectivity index (χ4n) is 2.61. The number of nitrogens with one attached hydrogen (secondary N) is 1. The van der Waals surface area contributed by atoms with Crippen molar-refractivity contribution >= 4 is 21.8 Å². The predicted molar refractivity (Wildman–Crippen MR) is 94.3 cm³/mol. The molecule has 0 saturated heterocycles. The van der Waals surface area contributed by atoms with Crippen LogP contribution in [0.25, 0.3) is 0 Å². The Morgan fingerprint density at radius 1 is 1.33 bits per heavy atom. The monoisotopic (exact) mass is 367 g/mol. The van der Waals surface area contributed by atoms with Gasteiger partial charge in [0.25, 0.3) is 0 Å². The third kappa shape index (κ3) is 3.45. The van der Waals surface area contributed by atoms with E-state index in [4.69, 9.17) is 4.74 Å². The first-order valence-corrected chi connectivity index (χ1v) is 10.2. The number of rotatable bonds is 6. The molecular formula is C16H21N3O3S2. The lowest BCUT2D eigenvalue weighted by atomic mass is 10.1. The second kappa shape index (κ2) is 6.78. The molecule has 0 spiro atoms. The molecule has 2 aromatic rings. The van der Waals surface area contributed by atoms with Gasteiger partial charge in [-0.15, -0.1) is 0 Å². The third-order valence-corrected chi connectivity index (χ3v) is 6.55. The van der Waals surface area contributed by atoms with Crippen molar-refractivity contribution in [1.82, 2.24) is 14.3 Å². The van der Waals surface area contributed by atoms with E-state index in [-0.39, 0.29) is 4.90 Å². The SMILES string of the molecule is COc1cc(C)c(C)cc1S(=O)(=O)NCCc1cn2c(n1)SCC2.